The van der Waals surface area contributed by atoms with Gasteiger partial charge in [-0.15, -0.1) is 10.2 Å². The molecule has 1 saturated heterocycles. The topological polar surface area (TPSA) is 58.1 Å². The number of amides is 1. The average Bonchev–Trinajstić information content (AvgIpc) is 2.79. The van der Waals surface area contributed by atoms with Crippen LogP contribution in [0.3, 0.4) is 0 Å². The van der Waals surface area contributed by atoms with E-state index in [0.717, 1.165) is 36.3 Å². The van der Waals surface area contributed by atoms with Crippen molar-refractivity contribution in [2.24, 2.45) is 5.92 Å². The van der Waals surface area contributed by atoms with Crippen molar-refractivity contribution >= 4 is 23.3 Å². The van der Waals surface area contributed by atoms with Gasteiger partial charge in [-0.1, -0.05) is 54.1 Å². The molecule has 1 N–H and O–H groups in total. The normalized spacial score (nSPS) is 17.4. The third-order valence-corrected chi connectivity index (χ3v) is 5.56. The van der Waals surface area contributed by atoms with E-state index in [1.807, 2.05) is 36.4 Å². The number of aromatic nitrogens is 2. The molecule has 0 radical (unpaired) electrons. The minimum Gasteiger partial charge on any atom is -0.354 e. The number of halogens is 2. The van der Waals surface area contributed by atoms with Gasteiger partial charge in [0.05, 0.1) is 12.0 Å². The maximum Gasteiger partial charge on any atom is 0.225 e. The molecule has 1 aromatic heterocycles. The van der Waals surface area contributed by atoms with Crippen molar-refractivity contribution in [3.8, 4) is 0 Å². The van der Waals surface area contributed by atoms with Gasteiger partial charge in [0.25, 0.3) is 0 Å². The Labute approximate surface area is 179 Å². The summed E-state index contributed by atoms with van der Waals surface area (Å²) in [7, 11) is 0. The molecule has 0 bridgehead atoms. The van der Waals surface area contributed by atoms with E-state index in [-0.39, 0.29) is 23.7 Å². The zero-order valence-corrected chi connectivity index (χ0v) is 17.1. The van der Waals surface area contributed by atoms with Crippen LogP contribution >= 0.6 is 11.6 Å². The first-order chi connectivity index (χ1) is 14.6. The fourth-order valence-corrected chi connectivity index (χ4v) is 3.90. The second kappa shape index (κ2) is 9.22. The number of carbonyl (C=O) groups is 1. The van der Waals surface area contributed by atoms with Crippen molar-refractivity contribution in [2.45, 2.75) is 18.9 Å². The molecule has 5 nitrogen and oxygen atoms in total. The Morgan fingerprint density at radius 2 is 1.77 bits per heavy atom. The van der Waals surface area contributed by atoms with E-state index in [9.17, 15) is 9.18 Å². The van der Waals surface area contributed by atoms with Crippen molar-refractivity contribution in [2.75, 3.05) is 18.0 Å². The van der Waals surface area contributed by atoms with E-state index in [0.29, 0.717) is 11.7 Å². The third kappa shape index (κ3) is 4.76. The quantitative estimate of drug-likeness (QED) is 0.659. The summed E-state index contributed by atoms with van der Waals surface area (Å²) >= 11 is 5.83. The van der Waals surface area contributed by atoms with Crippen LogP contribution < -0.4 is 10.2 Å². The van der Waals surface area contributed by atoms with Crippen LogP contribution in [0, 0.1) is 11.7 Å². The highest BCUT2D eigenvalue weighted by Gasteiger charge is 2.29. The maximum atomic E-state index is 13.4. The predicted molar refractivity (Wildman–Crippen MR) is 115 cm³/mol. The Bertz CT molecular complexity index is 982. The van der Waals surface area contributed by atoms with Crippen LogP contribution in [0.1, 0.15) is 30.0 Å². The van der Waals surface area contributed by atoms with Gasteiger partial charge in [0, 0.05) is 13.1 Å². The van der Waals surface area contributed by atoms with E-state index in [1.165, 1.54) is 12.1 Å². The first kappa shape index (κ1) is 20.3. The van der Waals surface area contributed by atoms with Gasteiger partial charge in [-0.05, 0) is 48.2 Å². The molecule has 7 heteroatoms. The number of hydrogen-bond acceptors (Lipinski definition) is 4. The summed E-state index contributed by atoms with van der Waals surface area (Å²) in [6.45, 7) is 1.38. The Morgan fingerprint density at radius 3 is 2.47 bits per heavy atom. The zero-order valence-electron chi connectivity index (χ0n) is 16.3. The van der Waals surface area contributed by atoms with Crippen LogP contribution in [-0.4, -0.2) is 29.2 Å². The first-order valence-corrected chi connectivity index (χ1v) is 10.3. The van der Waals surface area contributed by atoms with Crippen LogP contribution in [0.4, 0.5) is 10.2 Å². The summed E-state index contributed by atoms with van der Waals surface area (Å²) in [5.41, 5.74) is 1.79. The fraction of sp³-hybridized carbons (Fsp3) is 0.261. The van der Waals surface area contributed by atoms with E-state index in [1.54, 1.807) is 18.2 Å². The monoisotopic (exact) mass is 424 g/mol. The van der Waals surface area contributed by atoms with Gasteiger partial charge in [0.1, 0.15) is 5.82 Å². The molecule has 1 aliphatic rings. The van der Waals surface area contributed by atoms with Crippen molar-refractivity contribution in [3.05, 3.63) is 88.8 Å². The number of nitrogens with one attached hydrogen (secondary N) is 1. The summed E-state index contributed by atoms with van der Waals surface area (Å²) in [6.07, 6.45) is 1.68. The number of nitrogens with zero attached hydrogens (tertiary/aromatic N) is 3. The average molecular weight is 425 g/mol. The van der Waals surface area contributed by atoms with Gasteiger partial charge in [-0.2, -0.15) is 0 Å². The van der Waals surface area contributed by atoms with Crippen molar-refractivity contribution < 1.29 is 9.18 Å². The summed E-state index contributed by atoms with van der Waals surface area (Å²) < 4.78 is 13.4. The third-order valence-electron chi connectivity index (χ3n) is 5.36. The summed E-state index contributed by atoms with van der Waals surface area (Å²) in [5, 5.41) is 11.6. The van der Waals surface area contributed by atoms with Gasteiger partial charge in [-0.25, -0.2) is 4.39 Å². The Kier molecular flexibility index (Phi) is 6.23. The van der Waals surface area contributed by atoms with Crippen LogP contribution in [0.5, 0.6) is 0 Å². The van der Waals surface area contributed by atoms with Crippen LogP contribution in [0.2, 0.25) is 5.15 Å². The van der Waals surface area contributed by atoms with E-state index >= 15 is 0 Å². The fourth-order valence-electron chi connectivity index (χ4n) is 3.80. The largest absolute Gasteiger partial charge is 0.354 e. The lowest BCUT2D eigenvalue weighted by atomic mass is 9.94. The molecule has 30 heavy (non-hydrogen) atoms. The second-order valence-corrected chi connectivity index (χ2v) is 7.79. The molecular formula is C23H22ClFN4O. The van der Waals surface area contributed by atoms with Crippen LogP contribution in [-0.2, 0) is 4.79 Å². The van der Waals surface area contributed by atoms with Crippen LogP contribution in [0.25, 0.3) is 0 Å². The SMILES string of the molecule is O=C(NC(c1ccccc1)c1ccc(F)cc1)C1CCCN(c2ccc(Cl)nn2)C1. The molecule has 2 unspecified atom stereocenters. The van der Waals surface area contributed by atoms with E-state index in [2.05, 4.69) is 20.4 Å². The summed E-state index contributed by atoms with van der Waals surface area (Å²) in [5.74, 6) is 0.210. The molecule has 2 aromatic carbocycles. The maximum absolute atomic E-state index is 13.4. The van der Waals surface area contributed by atoms with Crippen molar-refractivity contribution in [1.82, 2.24) is 15.5 Å². The summed E-state index contributed by atoms with van der Waals surface area (Å²) in [4.78, 5) is 15.2. The Morgan fingerprint density at radius 1 is 1.03 bits per heavy atom. The lowest BCUT2D eigenvalue weighted by molar-refractivity contribution is -0.125. The van der Waals surface area contributed by atoms with Crippen molar-refractivity contribution in [3.63, 3.8) is 0 Å². The highest BCUT2D eigenvalue weighted by atomic mass is 35.5. The number of hydrogen-bond donors (Lipinski definition) is 1. The number of benzene rings is 2. The highest BCUT2D eigenvalue weighted by Crippen LogP contribution is 2.26. The number of carbonyl (C=O) groups excluding carboxylic acids is 1. The van der Waals surface area contributed by atoms with Gasteiger partial charge < -0.3 is 10.2 Å². The van der Waals surface area contributed by atoms with Gasteiger partial charge >= 0.3 is 0 Å². The number of anilines is 1. The lowest BCUT2D eigenvalue weighted by Crippen LogP contribution is -2.44. The first-order valence-electron chi connectivity index (χ1n) is 9.95. The highest BCUT2D eigenvalue weighted by molar-refractivity contribution is 6.29. The zero-order chi connectivity index (χ0) is 20.9. The second-order valence-electron chi connectivity index (χ2n) is 7.40. The molecule has 0 spiro atoms. The Balaban J connectivity index is 1.52. The standard InChI is InChI=1S/C23H22ClFN4O/c24-20-12-13-21(28-27-20)29-14-4-7-18(15-29)23(30)26-22(16-5-2-1-3-6-16)17-8-10-19(25)11-9-17/h1-3,5-6,8-13,18,22H,4,7,14-15H2,(H,26,30). The molecule has 4 rings (SSSR count). The van der Waals surface area contributed by atoms with E-state index in [4.69, 9.17) is 11.6 Å². The number of piperidine rings is 1. The minimum atomic E-state index is -0.343. The lowest BCUT2D eigenvalue weighted by Gasteiger charge is -2.33. The molecule has 154 valence electrons. The molecule has 1 amide bonds. The molecular weight excluding hydrogens is 403 g/mol. The molecule has 2 atom stereocenters. The minimum absolute atomic E-state index is 0.0280. The van der Waals surface area contributed by atoms with Gasteiger partial charge in [0.2, 0.25) is 5.91 Å². The van der Waals surface area contributed by atoms with Gasteiger partial charge in [-0.3, -0.25) is 4.79 Å². The number of rotatable bonds is 5. The van der Waals surface area contributed by atoms with Crippen molar-refractivity contribution in [1.29, 1.82) is 0 Å². The molecule has 0 aliphatic carbocycles. The molecule has 1 fully saturated rings. The smallest absolute Gasteiger partial charge is 0.225 e. The predicted octanol–water partition coefficient (Wildman–Crippen LogP) is 4.39. The molecule has 2 heterocycles. The van der Waals surface area contributed by atoms with Crippen LogP contribution in [0.15, 0.2) is 66.7 Å². The van der Waals surface area contributed by atoms with Gasteiger partial charge in [0.15, 0.2) is 11.0 Å². The molecule has 0 saturated carbocycles. The molecule has 1 aliphatic heterocycles. The summed E-state index contributed by atoms with van der Waals surface area (Å²) in [6, 6.07) is 19.2. The Hall–Kier alpha value is -2.99. The molecule has 3 aromatic rings. The van der Waals surface area contributed by atoms with E-state index < -0.39 is 0 Å².